The summed E-state index contributed by atoms with van der Waals surface area (Å²) in [6.07, 6.45) is 2.99. The average Bonchev–Trinajstić information content (AvgIpc) is 2.99. The zero-order chi connectivity index (χ0) is 11.6. The summed E-state index contributed by atoms with van der Waals surface area (Å²) in [6, 6.07) is 6.27. The highest BCUT2D eigenvalue weighted by Gasteiger charge is 2.44. The number of aliphatic imine (C=N–C) groups is 1. The molecule has 0 spiro atoms. The van der Waals surface area contributed by atoms with Gasteiger partial charge in [0.15, 0.2) is 0 Å². The van der Waals surface area contributed by atoms with Crippen LogP contribution in [0.1, 0.15) is 18.4 Å². The van der Waals surface area contributed by atoms with Crippen molar-refractivity contribution in [3.63, 3.8) is 0 Å². The predicted molar refractivity (Wildman–Crippen MR) is 52.1 cm³/mol. The van der Waals surface area contributed by atoms with Crippen LogP contribution in [0.5, 0.6) is 5.75 Å². The Hall–Kier alpha value is -1.74. The predicted octanol–water partition coefficient (Wildman–Crippen LogP) is 2.61. The highest BCUT2D eigenvalue weighted by molar-refractivity contribution is 5.43. The van der Waals surface area contributed by atoms with Crippen molar-refractivity contribution < 1.29 is 18.3 Å². The minimum absolute atomic E-state index is 0.0832. The van der Waals surface area contributed by atoms with Gasteiger partial charge in [-0.15, -0.1) is 0 Å². The van der Waals surface area contributed by atoms with E-state index in [1.165, 1.54) is 18.2 Å². The van der Waals surface area contributed by atoms with Crippen LogP contribution in [0.25, 0.3) is 0 Å². The molecule has 1 aliphatic rings. The van der Waals surface area contributed by atoms with Crippen LogP contribution in [-0.4, -0.2) is 12.7 Å². The van der Waals surface area contributed by atoms with E-state index >= 15 is 0 Å². The third-order valence-electron chi connectivity index (χ3n) is 2.58. The van der Waals surface area contributed by atoms with Gasteiger partial charge in [-0.3, -0.25) is 0 Å². The first-order valence-electron chi connectivity index (χ1n) is 4.81. The summed E-state index contributed by atoms with van der Waals surface area (Å²) >= 11 is 0. The molecule has 0 aliphatic heterocycles. The molecule has 0 radical (unpaired) electrons. The zero-order valence-corrected chi connectivity index (χ0v) is 8.32. The Morgan fingerprint density at radius 2 is 2.19 bits per heavy atom. The van der Waals surface area contributed by atoms with Crippen LogP contribution in [0, 0.1) is 0 Å². The van der Waals surface area contributed by atoms with Gasteiger partial charge in [0.25, 0.3) is 0 Å². The molecule has 5 heteroatoms. The molecule has 84 valence electrons. The number of isocyanates is 1. The summed E-state index contributed by atoms with van der Waals surface area (Å²) in [5.74, 6) is 0.0832. The number of rotatable bonds is 4. The minimum atomic E-state index is -2.85. The first-order valence-corrected chi connectivity index (χ1v) is 4.81. The Kier molecular flexibility index (Phi) is 2.71. The summed E-state index contributed by atoms with van der Waals surface area (Å²) in [5.41, 5.74) is 0.164. The quantitative estimate of drug-likeness (QED) is 0.583. The second-order valence-corrected chi connectivity index (χ2v) is 3.64. The molecular formula is C11H9F2NO2. The normalized spacial score (nSPS) is 16.7. The van der Waals surface area contributed by atoms with Gasteiger partial charge < -0.3 is 4.74 Å². The number of hydrogen-bond acceptors (Lipinski definition) is 3. The van der Waals surface area contributed by atoms with E-state index in [9.17, 15) is 13.6 Å². The molecule has 0 N–H and O–H groups in total. The van der Waals surface area contributed by atoms with E-state index in [-0.39, 0.29) is 5.75 Å². The SMILES string of the molecule is O=C=NC1(c2cccc(OC(F)F)c2)CC1. The van der Waals surface area contributed by atoms with E-state index in [4.69, 9.17) is 0 Å². The number of ether oxygens (including phenoxy) is 1. The molecule has 2 rings (SSSR count). The second kappa shape index (κ2) is 4.02. The largest absolute Gasteiger partial charge is 0.435 e. The van der Waals surface area contributed by atoms with Gasteiger partial charge in [-0.2, -0.15) is 13.8 Å². The van der Waals surface area contributed by atoms with Crippen molar-refractivity contribution in [2.45, 2.75) is 25.0 Å². The van der Waals surface area contributed by atoms with E-state index < -0.39 is 12.2 Å². The third kappa shape index (κ3) is 2.09. The highest BCUT2D eigenvalue weighted by Crippen LogP contribution is 2.49. The smallest absolute Gasteiger partial charge is 0.387 e. The molecule has 0 saturated heterocycles. The standard InChI is InChI=1S/C11H9F2NO2/c12-10(13)16-9-3-1-2-8(6-9)11(4-5-11)14-7-15/h1-3,6,10H,4-5H2. The molecule has 0 bridgehead atoms. The second-order valence-electron chi connectivity index (χ2n) is 3.64. The average molecular weight is 225 g/mol. The Morgan fingerprint density at radius 1 is 1.44 bits per heavy atom. The first kappa shape index (κ1) is 10.8. The van der Waals surface area contributed by atoms with Crippen molar-refractivity contribution >= 4 is 6.08 Å². The molecule has 0 atom stereocenters. The van der Waals surface area contributed by atoms with Crippen LogP contribution >= 0.6 is 0 Å². The highest BCUT2D eigenvalue weighted by atomic mass is 19.3. The maximum absolute atomic E-state index is 12.0. The van der Waals surface area contributed by atoms with Gasteiger partial charge >= 0.3 is 6.61 Å². The molecule has 0 heterocycles. The number of halogens is 2. The summed E-state index contributed by atoms with van der Waals surface area (Å²) < 4.78 is 28.3. The zero-order valence-electron chi connectivity index (χ0n) is 8.32. The molecule has 3 nitrogen and oxygen atoms in total. The Morgan fingerprint density at radius 3 is 2.75 bits per heavy atom. The van der Waals surface area contributed by atoms with Crippen molar-refractivity contribution in [3.8, 4) is 5.75 Å². The first-order chi connectivity index (χ1) is 7.66. The van der Waals surface area contributed by atoms with Crippen LogP contribution in [0.2, 0.25) is 0 Å². The molecule has 0 amide bonds. The van der Waals surface area contributed by atoms with Gasteiger partial charge in [0.1, 0.15) is 5.75 Å². The van der Waals surface area contributed by atoms with Crippen molar-refractivity contribution in [2.24, 2.45) is 4.99 Å². The molecule has 1 saturated carbocycles. The van der Waals surface area contributed by atoms with E-state index in [1.807, 2.05) is 0 Å². The number of carbonyl (C=O) groups excluding carboxylic acids is 1. The van der Waals surface area contributed by atoms with Gasteiger partial charge in [0, 0.05) is 0 Å². The third-order valence-corrected chi connectivity index (χ3v) is 2.58. The molecular weight excluding hydrogens is 216 g/mol. The molecule has 0 unspecified atom stereocenters. The molecule has 1 aliphatic carbocycles. The fourth-order valence-electron chi connectivity index (χ4n) is 1.63. The van der Waals surface area contributed by atoms with Gasteiger partial charge in [0.05, 0.1) is 5.54 Å². The molecule has 16 heavy (non-hydrogen) atoms. The monoisotopic (exact) mass is 225 g/mol. The van der Waals surface area contributed by atoms with E-state index in [0.717, 1.165) is 12.8 Å². The summed E-state index contributed by atoms with van der Waals surface area (Å²) in [4.78, 5) is 14.0. The fraction of sp³-hybridized carbons (Fsp3) is 0.364. The number of benzene rings is 1. The Labute approximate surface area is 90.8 Å². The lowest BCUT2D eigenvalue weighted by Crippen LogP contribution is -2.05. The van der Waals surface area contributed by atoms with Crippen molar-refractivity contribution in [2.75, 3.05) is 0 Å². The molecule has 0 aromatic heterocycles. The van der Waals surface area contributed by atoms with Gasteiger partial charge in [-0.1, -0.05) is 12.1 Å². The topological polar surface area (TPSA) is 38.7 Å². The minimum Gasteiger partial charge on any atom is -0.435 e. The van der Waals surface area contributed by atoms with E-state index in [0.29, 0.717) is 5.56 Å². The van der Waals surface area contributed by atoms with Gasteiger partial charge in [-0.05, 0) is 30.5 Å². The Bertz CT molecular complexity index is 437. The number of nitrogens with zero attached hydrogens (tertiary/aromatic N) is 1. The van der Waals surface area contributed by atoms with Gasteiger partial charge in [-0.25, -0.2) is 4.79 Å². The van der Waals surface area contributed by atoms with E-state index in [2.05, 4.69) is 9.73 Å². The lowest BCUT2D eigenvalue weighted by molar-refractivity contribution is -0.0499. The molecule has 1 fully saturated rings. The summed E-state index contributed by atoms with van der Waals surface area (Å²) in [6.45, 7) is -2.85. The van der Waals surface area contributed by atoms with Crippen molar-refractivity contribution in [3.05, 3.63) is 29.8 Å². The van der Waals surface area contributed by atoms with Crippen LogP contribution in [0.3, 0.4) is 0 Å². The van der Waals surface area contributed by atoms with Crippen LogP contribution in [0.4, 0.5) is 8.78 Å². The van der Waals surface area contributed by atoms with Crippen molar-refractivity contribution in [1.82, 2.24) is 0 Å². The molecule has 1 aromatic rings. The van der Waals surface area contributed by atoms with Crippen molar-refractivity contribution in [1.29, 1.82) is 0 Å². The van der Waals surface area contributed by atoms with Crippen LogP contribution < -0.4 is 4.74 Å². The van der Waals surface area contributed by atoms with Crippen LogP contribution in [0.15, 0.2) is 29.3 Å². The number of alkyl halides is 2. The summed E-state index contributed by atoms with van der Waals surface area (Å²) in [5, 5.41) is 0. The van der Waals surface area contributed by atoms with Crippen LogP contribution in [-0.2, 0) is 10.3 Å². The fourth-order valence-corrected chi connectivity index (χ4v) is 1.63. The lowest BCUT2D eigenvalue weighted by atomic mass is 10.1. The van der Waals surface area contributed by atoms with Gasteiger partial charge in [0.2, 0.25) is 6.08 Å². The maximum Gasteiger partial charge on any atom is 0.387 e. The lowest BCUT2D eigenvalue weighted by Gasteiger charge is -2.10. The Balaban J connectivity index is 2.26. The summed E-state index contributed by atoms with van der Waals surface area (Å²) in [7, 11) is 0. The molecule has 1 aromatic carbocycles. The van der Waals surface area contributed by atoms with E-state index in [1.54, 1.807) is 12.1 Å². The number of hydrogen-bond donors (Lipinski definition) is 0. The maximum atomic E-state index is 12.0.